The molecular weight excluding hydrogens is 396 g/mol. The van der Waals surface area contributed by atoms with Crippen LogP contribution in [0.4, 0.5) is 4.79 Å². The lowest BCUT2D eigenvalue weighted by molar-refractivity contribution is -0.917. The molecule has 2 aliphatic rings. The summed E-state index contributed by atoms with van der Waals surface area (Å²) < 4.78 is 5.20. The number of carbonyl (C=O) groups is 3. The van der Waals surface area contributed by atoms with Crippen LogP contribution in [0.15, 0.2) is 24.3 Å². The number of imide groups is 1. The van der Waals surface area contributed by atoms with Crippen molar-refractivity contribution in [1.29, 1.82) is 0 Å². The molecule has 2 heterocycles. The Morgan fingerprint density at radius 1 is 1.10 bits per heavy atom. The van der Waals surface area contributed by atoms with Gasteiger partial charge in [0, 0.05) is 5.56 Å². The quantitative estimate of drug-likeness (QED) is 0.567. The topological polar surface area (TPSA) is 83.4 Å². The van der Waals surface area contributed by atoms with Crippen molar-refractivity contribution in [2.75, 3.05) is 39.8 Å². The molecule has 1 aromatic rings. The number of amides is 4. The zero-order chi connectivity index (χ0) is 22.4. The van der Waals surface area contributed by atoms with E-state index in [1.165, 1.54) is 10.5 Å². The fourth-order valence-electron chi connectivity index (χ4n) is 4.65. The fourth-order valence-corrected chi connectivity index (χ4v) is 4.65. The summed E-state index contributed by atoms with van der Waals surface area (Å²) in [6.45, 7) is 7.66. The van der Waals surface area contributed by atoms with Crippen LogP contribution in [-0.4, -0.2) is 73.0 Å². The van der Waals surface area contributed by atoms with Gasteiger partial charge >= 0.3 is 6.03 Å². The summed E-state index contributed by atoms with van der Waals surface area (Å²) in [6.07, 6.45) is 2.80. The van der Waals surface area contributed by atoms with Gasteiger partial charge in [-0.2, -0.15) is 0 Å². The standard InChI is InChI=1S/C23H34N4O4/c1-4-10-23(11-5-2)21(29)27(22(30)24-23)17-20(28)26-14-12-25(13-15-26)16-18-6-8-19(31-3)9-7-18/h6-9H,4-5,10-17H2,1-3H3,(H,24,30)/p+1. The number of piperazine rings is 1. The number of nitrogens with one attached hydrogen (secondary N) is 2. The number of methoxy groups -OCH3 is 1. The molecule has 0 radical (unpaired) electrons. The van der Waals surface area contributed by atoms with E-state index in [9.17, 15) is 14.4 Å². The summed E-state index contributed by atoms with van der Waals surface area (Å²) >= 11 is 0. The molecule has 1 aromatic carbocycles. The molecule has 2 fully saturated rings. The number of hydrogen-bond acceptors (Lipinski definition) is 4. The normalized spacial score (nSPS) is 18.9. The first-order valence-corrected chi connectivity index (χ1v) is 11.3. The van der Waals surface area contributed by atoms with Gasteiger partial charge in [-0.05, 0) is 37.1 Å². The molecule has 0 aliphatic carbocycles. The van der Waals surface area contributed by atoms with Crippen molar-refractivity contribution in [3.05, 3.63) is 29.8 Å². The van der Waals surface area contributed by atoms with Gasteiger partial charge in [-0.15, -0.1) is 0 Å². The van der Waals surface area contributed by atoms with E-state index < -0.39 is 11.6 Å². The second kappa shape index (κ2) is 10.1. The van der Waals surface area contributed by atoms with E-state index in [0.717, 1.165) is 43.1 Å². The summed E-state index contributed by atoms with van der Waals surface area (Å²) in [4.78, 5) is 42.6. The highest BCUT2D eigenvalue weighted by Crippen LogP contribution is 2.28. The molecule has 2 saturated heterocycles. The first kappa shape index (κ1) is 23.1. The third-order valence-corrected chi connectivity index (χ3v) is 6.33. The van der Waals surface area contributed by atoms with E-state index in [0.29, 0.717) is 25.9 Å². The van der Waals surface area contributed by atoms with Crippen LogP contribution in [0.25, 0.3) is 0 Å². The molecule has 0 atom stereocenters. The lowest BCUT2D eigenvalue weighted by Crippen LogP contribution is -3.13. The monoisotopic (exact) mass is 431 g/mol. The van der Waals surface area contributed by atoms with E-state index in [1.807, 2.05) is 26.0 Å². The van der Waals surface area contributed by atoms with Gasteiger partial charge in [0.25, 0.3) is 5.91 Å². The van der Waals surface area contributed by atoms with Crippen molar-refractivity contribution in [3.8, 4) is 5.75 Å². The van der Waals surface area contributed by atoms with Gasteiger partial charge in [0.05, 0.1) is 33.3 Å². The zero-order valence-corrected chi connectivity index (χ0v) is 18.9. The number of quaternary nitrogens is 1. The number of nitrogens with zero attached hydrogens (tertiary/aromatic N) is 2. The Hall–Kier alpha value is -2.61. The minimum Gasteiger partial charge on any atom is -0.497 e. The third-order valence-electron chi connectivity index (χ3n) is 6.33. The minimum absolute atomic E-state index is 0.157. The van der Waals surface area contributed by atoms with Crippen LogP contribution < -0.4 is 15.0 Å². The first-order chi connectivity index (χ1) is 14.9. The molecule has 0 spiro atoms. The first-order valence-electron chi connectivity index (χ1n) is 11.3. The number of benzene rings is 1. The molecule has 8 heteroatoms. The smallest absolute Gasteiger partial charge is 0.325 e. The van der Waals surface area contributed by atoms with Crippen LogP contribution in [0.5, 0.6) is 5.75 Å². The molecule has 170 valence electrons. The lowest BCUT2D eigenvalue weighted by Gasteiger charge is -2.33. The van der Waals surface area contributed by atoms with E-state index in [2.05, 4.69) is 17.4 Å². The molecule has 3 rings (SSSR count). The Balaban J connectivity index is 1.52. The summed E-state index contributed by atoms with van der Waals surface area (Å²) in [6, 6.07) is 7.62. The molecule has 0 bridgehead atoms. The maximum atomic E-state index is 13.0. The summed E-state index contributed by atoms with van der Waals surface area (Å²) in [5.41, 5.74) is 0.389. The number of urea groups is 1. The maximum absolute atomic E-state index is 13.0. The van der Waals surface area contributed by atoms with E-state index in [-0.39, 0.29) is 18.4 Å². The Kier molecular flexibility index (Phi) is 7.54. The highest BCUT2D eigenvalue weighted by atomic mass is 16.5. The third kappa shape index (κ3) is 5.18. The van der Waals surface area contributed by atoms with Crippen molar-refractivity contribution in [1.82, 2.24) is 15.1 Å². The molecule has 0 unspecified atom stereocenters. The van der Waals surface area contributed by atoms with Crippen molar-refractivity contribution in [2.24, 2.45) is 0 Å². The van der Waals surface area contributed by atoms with Gasteiger partial charge in [0.1, 0.15) is 24.4 Å². The van der Waals surface area contributed by atoms with Gasteiger partial charge in [-0.25, -0.2) is 4.79 Å². The van der Waals surface area contributed by atoms with E-state index >= 15 is 0 Å². The molecule has 2 aliphatic heterocycles. The predicted octanol–water partition coefficient (Wildman–Crippen LogP) is 0.813. The van der Waals surface area contributed by atoms with Crippen LogP contribution in [0.1, 0.15) is 45.1 Å². The number of rotatable bonds is 9. The average molecular weight is 432 g/mol. The Labute approximate surface area is 184 Å². The van der Waals surface area contributed by atoms with E-state index in [4.69, 9.17) is 4.74 Å². The van der Waals surface area contributed by atoms with E-state index in [1.54, 1.807) is 12.0 Å². The second-order valence-corrected chi connectivity index (χ2v) is 8.56. The van der Waals surface area contributed by atoms with Crippen LogP contribution in [0.3, 0.4) is 0 Å². The van der Waals surface area contributed by atoms with Crippen LogP contribution in [0, 0.1) is 0 Å². The van der Waals surface area contributed by atoms with Crippen molar-refractivity contribution in [2.45, 2.75) is 51.6 Å². The average Bonchev–Trinajstić information content (AvgIpc) is 2.99. The molecule has 8 nitrogen and oxygen atoms in total. The predicted molar refractivity (Wildman–Crippen MR) is 117 cm³/mol. The number of ether oxygens (including phenoxy) is 1. The van der Waals surface area contributed by atoms with Crippen molar-refractivity contribution in [3.63, 3.8) is 0 Å². The fraction of sp³-hybridized carbons (Fsp3) is 0.609. The number of carbonyl (C=O) groups excluding carboxylic acids is 3. The molecular formula is C23H35N4O4+. The largest absolute Gasteiger partial charge is 0.497 e. The van der Waals surface area contributed by atoms with Crippen LogP contribution >= 0.6 is 0 Å². The minimum atomic E-state index is -0.845. The highest BCUT2D eigenvalue weighted by molar-refractivity contribution is 6.09. The van der Waals surface area contributed by atoms with Gasteiger partial charge in [0.15, 0.2) is 0 Å². The Morgan fingerprint density at radius 2 is 1.71 bits per heavy atom. The summed E-state index contributed by atoms with van der Waals surface area (Å²) in [5.74, 6) is 0.436. The van der Waals surface area contributed by atoms with Crippen molar-refractivity contribution < 1.29 is 24.0 Å². The summed E-state index contributed by atoms with van der Waals surface area (Å²) in [7, 11) is 1.66. The molecule has 31 heavy (non-hydrogen) atoms. The molecule has 4 amide bonds. The Bertz CT molecular complexity index is 781. The SMILES string of the molecule is CCCC1(CCC)NC(=O)N(CC(=O)N2CC[NH+](Cc3ccc(OC)cc3)CC2)C1=O. The molecule has 0 saturated carbocycles. The molecule has 0 aromatic heterocycles. The van der Waals surface area contributed by atoms with Crippen molar-refractivity contribution >= 4 is 17.8 Å². The highest BCUT2D eigenvalue weighted by Gasteiger charge is 2.50. The van der Waals surface area contributed by atoms with Gasteiger partial charge in [0.2, 0.25) is 5.91 Å². The molecule has 2 N–H and O–H groups in total. The number of hydrogen-bond donors (Lipinski definition) is 2. The lowest BCUT2D eigenvalue weighted by atomic mass is 9.88. The Morgan fingerprint density at radius 3 is 2.26 bits per heavy atom. The maximum Gasteiger partial charge on any atom is 0.325 e. The van der Waals surface area contributed by atoms with Crippen LogP contribution in [-0.2, 0) is 16.1 Å². The van der Waals surface area contributed by atoms with Crippen LogP contribution in [0.2, 0.25) is 0 Å². The zero-order valence-electron chi connectivity index (χ0n) is 18.9. The van der Waals surface area contributed by atoms with Gasteiger partial charge in [-0.1, -0.05) is 26.7 Å². The summed E-state index contributed by atoms with van der Waals surface area (Å²) in [5, 5.41) is 2.87. The van der Waals surface area contributed by atoms with Gasteiger partial charge in [-0.3, -0.25) is 14.5 Å². The van der Waals surface area contributed by atoms with Gasteiger partial charge < -0.3 is 19.9 Å². The second-order valence-electron chi connectivity index (χ2n) is 8.56.